The molecule has 1 atom stereocenters. The molecule has 0 amide bonds. The van der Waals surface area contributed by atoms with E-state index >= 15 is 0 Å². The Bertz CT molecular complexity index is 193. The van der Waals surface area contributed by atoms with Crippen LogP contribution in [0.3, 0.4) is 0 Å². The van der Waals surface area contributed by atoms with Crippen LogP contribution in [0.25, 0.3) is 0 Å². The molecule has 6 heteroatoms. The van der Waals surface area contributed by atoms with Crippen molar-refractivity contribution in [3.05, 3.63) is 0 Å². The first-order valence-corrected chi connectivity index (χ1v) is 5.29. The second kappa shape index (κ2) is 5.36. The van der Waals surface area contributed by atoms with Crippen molar-refractivity contribution in [2.75, 3.05) is 39.8 Å². The number of halogens is 1. The molecule has 1 aliphatic rings. The summed E-state index contributed by atoms with van der Waals surface area (Å²) in [6, 6.07) is 0. The van der Waals surface area contributed by atoms with E-state index in [1.165, 1.54) is 0 Å². The lowest BCUT2D eigenvalue weighted by molar-refractivity contribution is -0.906. The van der Waals surface area contributed by atoms with Gasteiger partial charge >= 0.3 is 0 Å². The van der Waals surface area contributed by atoms with E-state index in [-0.39, 0.29) is 19.0 Å². The van der Waals surface area contributed by atoms with Crippen LogP contribution in [0.5, 0.6) is 0 Å². The number of thioether (sulfide) groups is 1. The minimum absolute atomic E-state index is 0. The molecule has 0 saturated carbocycles. The van der Waals surface area contributed by atoms with E-state index in [0.29, 0.717) is 0 Å². The molecule has 0 aliphatic carbocycles. The number of quaternary nitrogens is 1. The van der Waals surface area contributed by atoms with Gasteiger partial charge in [-0.25, -0.2) is 0 Å². The second-order valence-corrected chi connectivity index (χ2v) is 5.02. The molecule has 0 spiro atoms. The van der Waals surface area contributed by atoms with Crippen molar-refractivity contribution in [1.29, 1.82) is 0 Å². The van der Waals surface area contributed by atoms with E-state index in [1.54, 1.807) is 11.8 Å². The van der Waals surface area contributed by atoms with Gasteiger partial charge in [-0.15, -0.1) is 0 Å². The Hall–Kier alpha value is 0.450. The lowest BCUT2D eigenvalue weighted by Crippen LogP contribution is -3.00. The predicted octanol–water partition coefficient (Wildman–Crippen LogP) is -2.69. The highest BCUT2D eigenvalue weighted by molar-refractivity contribution is 8.22. The highest BCUT2D eigenvalue weighted by Gasteiger charge is 2.29. The summed E-state index contributed by atoms with van der Waals surface area (Å²) in [7, 11) is 4.14. The van der Waals surface area contributed by atoms with Crippen LogP contribution in [0.2, 0.25) is 0 Å². The molecule has 1 fully saturated rings. The van der Waals surface area contributed by atoms with Gasteiger partial charge in [0.15, 0.2) is 6.67 Å². The number of hydrogen-bond donors (Lipinski definition) is 1. The number of likely N-dealkylation sites (N-methyl/N-ethyl adjacent to an activating group) is 1. The normalized spacial score (nSPS) is 28.5. The smallest absolute Gasteiger partial charge is 0.155 e. The molecule has 1 rings (SSSR count). The molecule has 1 saturated heterocycles. The number of aliphatic hydroxyl groups is 1. The van der Waals surface area contributed by atoms with Gasteiger partial charge in [0.05, 0.1) is 13.7 Å². The van der Waals surface area contributed by atoms with Crippen LogP contribution in [0.4, 0.5) is 0 Å². The van der Waals surface area contributed by atoms with Gasteiger partial charge in [0.2, 0.25) is 0 Å². The number of rotatable bonds is 2. The molecule has 0 aromatic carbocycles. The Morgan fingerprint density at radius 1 is 1.69 bits per heavy atom. The summed E-state index contributed by atoms with van der Waals surface area (Å²) in [5, 5.41) is 8.86. The summed E-state index contributed by atoms with van der Waals surface area (Å²) in [4.78, 5) is 2.07. The summed E-state index contributed by atoms with van der Waals surface area (Å²) in [6.07, 6.45) is 0. The zero-order valence-corrected chi connectivity index (χ0v) is 10.3. The van der Waals surface area contributed by atoms with Gasteiger partial charge in [-0.3, -0.25) is 4.48 Å². The lowest BCUT2D eigenvalue weighted by atomic mass is 10.5. The van der Waals surface area contributed by atoms with Gasteiger partial charge in [-0.2, -0.15) is 0 Å². The molecule has 0 bridgehead atoms. The van der Waals surface area contributed by atoms with Crippen molar-refractivity contribution >= 4 is 28.3 Å². The highest BCUT2D eigenvalue weighted by atomic mass is 35.5. The molecule has 0 radical (unpaired) electrons. The third-order valence-electron chi connectivity index (χ3n) is 2.00. The monoisotopic (exact) mass is 242 g/mol. The van der Waals surface area contributed by atoms with Gasteiger partial charge in [0.1, 0.15) is 16.7 Å². The van der Waals surface area contributed by atoms with Crippen molar-refractivity contribution in [2.45, 2.75) is 0 Å². The molecule has 1 N–H and O–H groups in total. The summed E-state index contributed by atoms with van der Waals surface area (Å²) in [6.45, 7) is 1.96. The van der Waals surface area contributed by atoms with Crippen molar-refractivity contribution in [3.63, 3.8) is 0 Å². The summed E-state index contributed by atoms with van der Waals surface area (Å²) >= 11 is 6.82. The maximum atomic E-state index is 8.86. The van der Waals surface area contributed by atoms with E-state index in [2.05, 4.69) is 11.9 Å². The maximum Gasteiger partial charge on any atom is 0.155 e. The number of aliphatic hydroxyl groups excluding tert-OH is 1. The molecule has 1 aliphatic heterocycles. The Labute approximate surface area is 95.1 Å². The Kier molecular flexibility index (Phi) is 5.55. The predicted molar refractivity (Wildman–Crippen MR) is 55.8 cm³/mol. The van der Waals surface area contributed by atoms with Crippen LogP contribution >= 0.6 is 24.0 Å². The molecule has 13 heavy (non-hydrogen) atoms. The van der Waals surface area contributed by atoms with Gasteiger partial charge in [0, 0.05) is 7.05 Å². The number of nitrogens with zero attached hydrogens (tertiary/aromatic N) is 2. The fourth-order valence-electron chi connectivity index (χ4n) is 1.31. The van der Waals surface area contributed by atoms with Crippen LogP contribution in [-0.2, 0) is 0 Å². The van der Waals surface area contributed by atoms with Crippen LogP contribution in [0.1, 0.15) is 0 Å². The molecule has 1 heterocycles. The largest absolute Gasteiger partial charge is 1.00 e. The van der Waals surface area contributed by atoms with Crippen LogP contribution in [0.15, 0.2) is 0 Å². The molecule has 0 aromatic heterocycles. The molecule has 1 unspecified atom stereocenters. The first kappa shape index (κ1) is 13.4. The topological polar surface area (TPSA) is 23.5 Å². The number of hydrogen-bond acceptors (Lipinski definition) is 3. The average molecular weight is 243 g/mol. The van der Waals surface area contributed by atoms with Gasteiger partial charge in [-0.05, 0) is 11.8 Å². The zero-order valence-electron chi connectivity index (χ0n) is 7.86. The highest BCUT2D eigenvalue weighted by Crippen LogP contribution is 2.21. The Morgan fingerprint density at radius 2 is 2.31 bits per heavy atom. The summed E-state index contributed by atoms with van der Waals surface area (Å²) < 4.78 is 1.83. The van der Waals surface area contributed by atoms with Crippen molar-refractivity contribution in [3.8, 4) is 0 Å². The van der Waals surface area contributed by atoms with Crippen molar-refractivity contribution in [2.24, 2.45) is 0 Å². The van der Waals surface area contributed by atoms with E-state index in [4.69, 9.17) is 17.3 Å². The minimum Gasteiger partial charge on any atom is -1.00 e. The van der Waals surface area contributed by atoms with Gasteiger partial charge in [-0.1, -0.05) is 12.2 Å². The standard InChI is InChI=1S/C7H15N2OS2.ClH/c1-8-5-9(2,3-4-10)6-12-7(8)11;/h10H,3-6H2,1-2H3;1H/q+1;/p-1. The van der Waals surface area contributed by atoms with Crippen molar-refractivity contribution in [1.82, 2.24) is 4.90 Å². The second-order valence-electron chi connectivity index (χ2n) is 3.45. The van der Waals surface area contributed by atoms with E-state index in [1.807, 2.05) is 7.05 Å². The van der Waals surface area contributed by atoms with Gasteiger partial charge < -0.3 is 22.4 Å². The van der Waals surface area contributed by atoms with Crippen LogP contribution < -0.4 is 12.4 Å². The van der Waals surface area contributed by atoms with Crippen LogP contribution in [-0.4, -0.2) is 58.6 Å². The van der Waals surface area contributed by atoms with E-state index in [0.717, 1.165) is 27.9 Å². The molecular formula is C7H15ClN2OS2. The third kappa shape index (κ3) is 3.59. The number of thiocarbonyl (C=S) groups is 1. The molecule has 78 valence electrons. The Balaban J connectivity index is 0.00000144. The zero-order chi connectivity index (χ0) is 9.19. The fraction of sp³-hybridized carbons (Fsp3) is 0.857. The Morgan fingerprint density at radius 3 is 2.77 bits per heavy atom. The molecule has 3 nitrogen and oxygen atoms in total. The fourth-order valence-corrected chi connectivity index (χ4v) is 2.44. The maximum absolute atomic E-state index is 8.86. The summed E-state index contributed by atoms with van der Waals surface area (Å²) in [5.74, 6) is 0.976. The van der Waals surface area contributed by atoms with E-state index in [9.17, 15) is 0 Å². The quantitative estimate of drug-likeness (QED) is 0.421. The first-order valence-electron chi connectivity index (χ1n) is 3.90. The van der Waals surface area contributed by atoms with E-state index < -0.39 is 0 Å². The SMILES string of the molecule is CN1C[N+](C)(CCO)CSC1=S.[Cl-]. The summed E-state index contributed by atoms with van der Waals surface area (Å²) in [5.41, 5.74) is 0. The molecular weight excluding hydrogens is 228 g/mol. The lowest BCUT2D eigenvalue weighted by Gasteiger charge is -2.41. The van der Waals surface area contributed by atoms with Crippen LogP contribution in [0, 0.1) is 0 Å². The average Bonchev–Trinajstić information content (AvgIpc) is 1.98. The third-order valence-corrected chi connectivity index (χ3v) is 3.98. The van der Waals surface area contributed by atoms with Gasteiger partial charge in [0.25, 0.3) is 0 Å². The first-order chi connectivity index (χ1) is 5.57. The minimum atomic E-state index is 0. The molecule has 0 aromatic rings. The van der Waals surface area contributed by atoms with Crippen molar-refractivity contribution < 1.29 is 22.0 Å².